The zero-order valence-corrected chi connectivity index (χ0v) is 21.1. The summed E-state index contributed by atoms with van der Waals surface area (Å²) in [5.41, 5.74) is 3.33. The normalized spacial score (nSPS) is 18.0. The molecule has 0 saturated carbocycles. The van der Waals surface area contributed by atoms with E-state index < -0.39 is 0 Å². The van der Waals surface area contributed by atoms with Gasteiger partial charge in [0.1, 0.15) is 17.3 Å². The Balaban J connectivity index is 1.33. The van der Waals surface area contributed by atoms with E-state index in [9.17, 15) is 9.18 Å². The highest BCUT2D eigenvalue weighted by Gasteiger charge is 2.35. The number of ether oxygens (including phenoxy) is 2. The largest absolute Gasteiger partial charge is 0.497 e. The van der Waals surface area contributed by atoms with Gasteiger partial charge in [-0.1, -0.05) is 30.3 Å². The third-order valence-electron chi connectivity index (χ3n) is 7.01. The monoisotopic (exact) mass is 502 g/mol. The summed E-state index contributed by atoms with van der Waals surface area (Å²) in [6.07, 6.45) is 0.583. The number of rotatable bonds is 7. The van der Waals surface area contributed by atoms with E-state index in [2.05, 4.69) is 4.90 Å². The molecule has 1 saturated heterocycles. The van der Waals surface area contributed by atoms with Crippen LogP contribution in [0.3, 0.4) is 0 Å². The van der Waals surface area contributed by atoms with Gasteiger partial charge in [0.15, 0.2) is 0 Å². The minimum absolute atomic E-state index is 0.0706. The molecular weight excluding hydrogens is 471 g/mol. The molecule has 5 rings (SSSR count). The molecule has 0 bridgehead atoms. The predicted molar refractivity (Wildman–Crippen MR) is 142 cm³/mol. The first kappa shape index (κ1) is 24.8. The van der Waals surface area contributed by atoms with Gasteiger partial charge in [-0.25, -0.2) is 9.40 Å². The summed E-state index contributed by atoms with van der Waals surface area (Å²) < 4.78 is 25.1. The molecule has 3 aromatic rings. The van der Waals surface area contributed by atoms with Crippen LogP contribution in [0.5, 0.6) is 11.5 Å². The van der Waals surface area contributed by atoms with Crippen molar-refractivity contribution in [3.05, 3.63) is 89.7 Å². The van der Waals surface area contributed by atoms with Gasteiger partial charge in [0.05, 0.1) is 38.2 Å². The van der Waals surface area contributed by atoms with Gasteiger partial charge in [-0.2, -0.15) is 5.10 Å². The standard InChI is InChI=1S/C29H31FN4O3/c1-36-22-13-11-21(12-14-22)25-19-27(23-7-3-6-10-28(23)37-2)34(31-25)29(35)20-32-15-17-33(18-16-32)26-9-5-4-8-24(26)30/h3-14,27H,15-20H2,1-2H3/t27-/m1/s1. The van der Waals surface area contributed by atoms with Crippen LogP contribution in [0, 0.1) is 5.82 Å². The summed E-state index contributed by atoms with van der Waals surface area (Å²) in [5.74, 6) is 1.21. The molecule has 0 aliphatic carbocycles. The lowest BCUT2D eigenvalue weighted by atomic mass is 9.97. The molecule has 3 aromatic carbocycles. The molecular formula is C29H31FN4O3. The zero-order chi connectivity index (χ0) is 25.8. The number of hydrogen-bond acceptors (Lipinski definition) is 6. The molecule has 1 amide bonds. The molecule has 0 unspecified atom stereocenters. The van der Waals surface area contributed by atoms with E-state index in [1.807, 2.05) is 59.5 Å². The van der Waals surface area contributed by atoms with Gasteiger partial charge >= 0.3 is 0 Å². The number of amides is 1. The average Bonchev–Trinajstić information content (AvgIpc) is 3.39. The Bertz CT molecular complexity index is 1270. The Morgan fingerprint density at radius 2 is 1.62 bits per heavy atom. The van der Waals surface area contributed by atoms with Gasteiger partial charge in [0, 0.05) is 38.2 Å². The van der Waals surface area contributed by atoms with Gasteiger partial charge in [-0.05, 0) is 48.0 Å². The number of benzene rings is 3. The van der Waals surface area contributed by atoms with E-state index >= 15 is 0 Å². The molecule has 2 aliphatic heterocycles. The van der Waals surface area contributed by atoms with Crippen LogP contribution >= 0.6 is 0 Å². The molecule has 37 heavy (non-hydrogen) atoms. The van der Waals surface area contributed by atoms with Gasteiger partial charge in [-0.3, -0.25) is 9.69 Å². The van der Waals surface area contributed by atoms with Crippen LogP contribution in [0.15, 0.2) is 77.9 Å². The number of anilines is 1. The first-order chi connectivity index (χ1) is 18.1. The van der Waals surface area contributed by atoms with Crippen molar-refractivity contribution >= 4 is 17.3 Å². The van der Waals surface area contributed by atoms with E-state index in [1.54, 1.807) is 31.4 Å². The summed E-state index contributed by atoms with van der Waals surface area (Å²) in [4.78, 5) is 17.8. The molecule has 7 nitrogen and oxygen atoms in total. The fraction of sp³-hybridized carbons (Fsp3) is 0.310. The third kappa shape index (κ3) is 5.29. The van der Waals surface area contributed by atoms with Crippen LogP contribution in [0.2, 0.25) is 0 Å². The van der Waals surface area contributed by atoms with Crippen LogP contribution in [0.25, 0.3) is 0 Å². The lowest BCUT2D eigenvalue weighted by Crippen LogP contribution is -2.49. The quantitative estimate of drug-likeness (QED) is 0.481. The summed E-state index contributed by atoms with van der Waals surface area (Å²) in [5, 5.41) is 6.42. The summed E-state index contributed by atoms with van der Waals surface area (Å²) >= 11 is 0. The van der Waals surface area contributed by atoms with E-state index in [-0.39, 0.29) is 24.3 Å². The number of halogens is 1. The Morgan fingerprint density at radius 1 is 0.919 bits per heavy atom. The van der Waals surface area contributed by atoms with E-state index in [4.69, 9.17) is 14.6 Å². The zero-order valence-electron chi connectivity index (χ0n) is 21.1. The van der Waals surface area contributed by atoms with Crippen LogP contribution < -0.4 is 14.4 Å². The first-order valence-corrected chi connectivity index (χ1v) is 12.5. The van der Waals surface area contributed by atoms with Crippen LogP contribution in [-0.2, 0) is 4.79 Å². The number of carbonyl (C=O) groups excluding carboxylic acids is 1. The van der Waals surface area contributed by atoms with Gasteiger partial charge in [0.25, 0.3) is 5.91 Å². The minimum Gasteiger partial charge on any atom is -0.497 e. The highest BCUT2D eigenvalue weighted by Crippen LogP contribution is 2.37. The molecule has 0 aromatic heterocycles. The maximum atomic E-state index is 14.2. The van der Waals surface area contributed by atoms with Gasteiger partial charge < -0.3 is 14.4 Å². The Hall–Kier alpha value is -3.91. The SMILES string of the molecule is COc1ccc(C2=NN(C(=O)CN3CCN(c4ccccc4F)CC3)[C@@H](c3ccccc3OC)C2)cc1. The van der Waals surface area contributed by atoms with Gasteiger partial charge in [-0.15, -0.1) is 0 Å². The topological polar surface area (TPSA) is 57.6 Å². The summed E-state index contributed by atoms with van der Waals surface area (Å²) in [7, 11) is 3.27. The maximum Gasteiger partial charge on any atom is 0.257 e. The molecule has 2 heterocycles. The van der Waals surface area contributed by atoms with Crippen molar-refractivity contribution in [2.75, 3.05) is 51.8 Å². The lowest BCUT2D eigenvalue weighted by Gasteiger charge is -2.36. The Kier molecular flexibility index (Phi) is 7.37. The fourth-order valence-electron chi connectivity index (χ4n) is 5.00. The molecule has 1 atom stereocenters. The molecule has 8 heteroatoms. The van der Waals surface area contributed by atoms with Crippen molar-refractivity contribution in [3.8, 4) is 11.5 Å². The predicted octanol–water partition coefficient (Wildman–Crippen LogP) is 4.34. The molecule has 0 radical (unpaired) electrons. The molecule has 0 spiro atoms. The second kappa shape index (κ2) is 11.0. The Labute approximate surface area is 216 Å². The minimum atomic E-state index is -0.263. The second-order valence-electron chi connectivity index (χ2n) is 9.19. The highest BCUT2D eigenvalue weighted by molar-refractivity contribution is 6.03. The number of hydrogen-bond donors (Lipinski definition) is 0. The number of carbonyl (C=O) groups is 1. The number of piperazine rings is 1. The van der Waals surface area contributed by atoms with Crippen LogP contribution in [0.1, 0.15) is 23.6 Å². The van der Waals surface area contributed by atoms with Crippen LogP contribution in [0.4, 0.5) is 10.1 Å². The molecule has 2 aliphatic rings. The fourth-order valence-corrected chi connectivity index (χ4v) is 5.00. The summed E-state index contributed by atoms with van der Waals surface area (Å²) in [6, 6.07) is 22.1. The first-order valence-electron chi connectivity index (χ1n) is 12.5. The third-order valence-corrected chi connectivity index (χ3v) is 7.01. The number of nitrogens with zero attached hydrogens (tertiary/aromatic N) is 4. The van der Waals surface area contributed by atoms with Gasteiger partial charge in [0.2, 0.25) is 0 Å². The van der Waals surface area contributed by atoms with Crippen molar-refractivity contribution in [2.24, 2.45) is 5.10 Å². The second-order valence-corrected chi connectivity index (χ2v) is 9.19. The van der Waals surface area contributed by atoms with E-state index in [0.29, 0.717) is 38.3 Å². The average molecular weight is 503 g/mol. The van der Waals surface area contributed by atoms with Crippen molar-refractivity contribution in [2.45, 2.75) is 12.5 Å². The van der Waals surface area contributed by atoms with Crippen molar-refractivity contribution in [3.63, 3.8) is 0 Å². The van der Waals surface area contributed by atoms with E-state index in [0.717, 1.165) is 28.3 Å². The smallest absolute Gasteiger partial charge is 0.257 e. The maximum absolute atomic E-state index is 14.2. The Morgan fingerprint density at radius 3 is 2.32 bits per heavy atom. The van der Waals surface area contributed by atoms with E-state index in [1.165, 1.54) is 6.07 Å². The van der Waals surface area contributed by atoms with Crippen molar-refractivity contribution in [1.29, 1.82) is 0 Å². The number of hydrazone groups is 1. The van der Waals surface area contributed by atoms with Crippen molar-refractivity contribution in [1.82, 2.24) is 9.91 Å². The van der Waals surface area contributed by atoms with Crippen molar-refractivity contribution < 1.29 is 18.7 Å². The van der Waals surface area contributed by atoms with Crippen LogP contribution in [-0.4, -0.2) is 68.5 Å². The highest BCUT2D eigenvalue weighted by atomic mass is 19.1. The number of para-hydroxylation sites is 2. The number of methoxy groups -OCH3 is 2. The molecule has 0 N–H and O–H groups in total. The summed E-state index contributed by atoms with van der Waals surface area (Å²) in [6.45, 7) is 2.90. The molecule has 1 fully saturated rings. The lowest BCUT2D eigenvalue weighted by molar-refractivity contribution is -0.134. The molecule has 192 valence electrons.